The summed E-state index contributed by atoms with van der Waals surface area (Å²) in [6, 6.07) is 48.5. The highest BCUT2D eigenvalue weighted by Gasteiger charge is 2.23. The molecule has 0 saturated heterocycles. The Bertz CT molecular complexity index is 2220. The van der Waals surface area contributed by atoms with Crippen molar-refractivity contribution in [3.05, 3.63) is 139 Å². The zero-order chi connectivity index (χ0) is 27.5. The lowest BCUT2D eigenvalue weighted by molar-refractivity contribution is 1.18. The van der Waals surface area contributed by atoms with Crippen LogP contribution in [0.2, 0.25) is 0 Å². The Morgan fingerprint density at radius 2 is 1.29 bits per heavy atom. The molecule has 8 aromatic rings. The number of rotatable bonds is 4. The fourth-order valence-electron chi connectivity index (χ4n) is 6.29. The van der Waals surface area contributed by atoms with Crippen LogP contribution in [0.15, 0.2) is 133 Å². The number of hydrogen-bond donors (Lipinski definition) is 0. The predicted molar refractivity (Wildman–Crippen MR) is 178 cm³/mol. The molecule has 0 bridgehead atoms. The largest absolute Gasteiger partial charge is 0.344 e. The van der Waals surface area contributed by atoms with E-state index in [1.54, 1.807) is 0 Å². The van der Waals surface area contributed by atoms with Gasteiger partial charge in [-0.1, -0.05) is 90.5 Å². The van der Waals surface area contributed by atoms with Gasteiger partial charge in [-0.05, 0) is 61.0 Å². The quantitative estimate of drug-likeness (QED) is 0.214. The number of aryl methyl sites for hydroxylation is 1. The fraction of sp³-hybridized carbons (Fsp3) is 0.0526. The van der Waals surface area contributed by atoms with Crippen molar-refractivity contribution in [3.63, 3.8) is 0 Å². The van der Waals surface area contributed by atoms with E-state index in [4.69, 9.17) is 0 Å². The maximum absolute atomic E-state index is 2.48. The third-order valence-electron chi connectivity index (χ3n) is 8.27. The lowest BCUT2D eigenvalue weighted by Crippen LogP contribution is -2.10. The van der Waals surface area contributed by atoms with Gasteiger partial charge in [-0.25, -0.2) is 0 Å². The summed E-state index contributed by atoms with van der Waals surface area (Å²) in [5.41, 5.74) is 9.80. The van der Waals surface area contributed by atoms with Crippen LogP contribution < -0.4 is 4.90 Å². The monoisotopic (exact) mass is 544 g/mol. The molecule has 8 rings (SSSR count). The maximum Gasteiger partial charge on any atom is 0.0726 e. The number of benzene rings is 6. The van der Waals surface area contributed by atoms with Crippen molar-refractivity contribution in [2.45, 2.75) is 6.92 Å². The maximum atomic E-state index is 2.48. The van der Waals surface area contributed by atoms with E-state index in [0.29, 0.717) is 0 Å². The molecule has 0 aliphatic rings. The van der Waals surface area contributed by atoms with Crippen LogP contribution in [0.3, 0.4) is 0 Å². The van der Waals surface area contributed by atoms with Gasteiger partial charge in [0, 0.05) is 55.9 Å². The van der Waals surface area contributed by atoms with Gasteiger partial charge in [0.05, 0.1) is 15.7 Å². The minimum absolute atomic E-state index is 1.17. The smallest absolute Gasteiger partial charge is 0.0726 e. The minimum atomic E-state index is 1.17. The third kappa shape index (κ3) is 3.70. The van der Waals surface area contributed by atoms with Gasteiger partial charge in [-0.3, -0.25) is 0 Å². The second-order valence-electron chi connectivity index (χ2n) is 10.7. The average molecular weight is 545 g/mol. The van der Waals surface area contributed by atoms with Gasteiger partial charge in [-0.2, -0.15) is 0 Å². The highest BCUT2D eigenvalue weighted by Crippen LogP contribution is 2.49. The third-order valence-corrected chi connectivity index (χ3v) is 9.47. The van der Waals surface area contributed by atoms with Crippen LogP contribution in [0.25, 0.3) is 58.8 Å². The molecule has 6 aromatic carbocycles. The molecule has 41 heavy (non-hydrogen) atoms. The Morgan fingerprint density at radius 1 is 0.610 bits per heavy atom. The first-order valence-corrected chi connectivity index (χ1v) is 14.8. The van der Waals surface area contributed by atoms with Crippen molar-refractivity contribution in [3.8, 4) is 16.8 Å². The Kier molecular flexibility index (Phi) is 5.48. The van der Waals surface area contributed by atoms with Gasteiger partial charge < -0.3 is 9.47 Å². The zero-order valence-electron chi connectivity index (χ0n) is 23.0. The van der Waals surface area contributed by atoms with Gasteiger partial charge >= 0.3 is 0 Å². The Hall–Kier alpha value is -4.86. The molecule has 0 aliphatic carbocycles. The molecule has 0 saturated carbocycles. The van der Waals surface area contributed by atoms with E-state index in [1.165, 1.54) is 75.7 Å². The number of aromatic nitrogens is 1. The first kappa shape index (κ1) is 24.0. The van der Waals surface area contributed by atoms with Crippen LogP contribution in [0.5, 0.6) is 0 Å². The highest BCUT2D eigenvalue weighted by atomic mass is 32.1. The Morgan fingerprint density at radius 3 is 2.12 bits per heavy atom. The SMILES string of the molecule is Cc1ccc(-n2c3ccccc3c3c(-c4ccccc4N(C)c4ccccc4)cc4c5ccccc5sc4c32)cc1. The summed E-state index contributed by atoms with van der Waals surface area (Å²) in [6.45, 7) is 2.15. The van der Waals surface area contributed by atoms with Gasteiger partial charge in [0.2, 0.25) is 0 Å². The van der Waals surface area contributed by atoms with Crippen molar-refractivity contribution >= 4 is 64.7 Å². The standard InChI is InChI=1S/C38H28N2S/c1-25-20-22-27(23-21-25)40-34-18-10-7-16-30(34)36-31(24-32-29-15-8-11-19-35(29)41-38(32)37(36)40)28-14-6-9-17-33(28)39(2)26-12-4-3-5-13-26/h3-24H,1-2H3. The minimum Gasteiger partial charge on any atom is -0.344 e. The average Bonchev–Trinajstić information content (AvgIpc) is 3.57. The van der Waals surface area contributed by atoms with Crippen molar-refractivity contribution in [1.29, 1.82) is 0 Å². The number of thiophene rings is 1. The summed E-state index contributed by atoms with van der Waals surface area (Å²) in [5.74, 6) is 0. The van der Waals surface area contributed by atoms with Gasteiger partial charge in [0.15, 0.2) is 0 Å². The van der Waals surface area contributed by atoms with Crippen molar-refractivity contribution in [1.82, 2.24) is 4.57 Å². The fourth-order valence-corrected chi connectivity index (χ4v) is 7.51. The molecule has 2 heterocycles. The molecule has 3 heteroatoms. The van der Waals surface area contributed by atoms with E-state index in [1.807, 2.05) is 11.3 Å². The second-order valence-corrected chi connectivity index (χ2v) is 11.8. The molecule has 0 N–H and O–H groups in total. The molecule has 0 unspecified atom stereocenters. The summed E-state index contributed by atoms with van der Waals surface area (Å²) in [7, 11) is 2.17. The Labute approximate surface area is 243 Å². The first-order chi connectivity index (χ1) is 20.2. The van der Waals surface area contributed by atoms with Crippen molar-refractivity contribution in [2.75, 3.05) is 11.9 Å². The molecule has 0 amide bonds. The Balaban J connectivity index is 1.56. The summed E-state index contributed by atoms with van der Waals surface area (Å²) in [5, 5.41) is 5.19. The number of anilines is 2. The van der Waals surface area contributed by atoms with Gasteiger partial charge in [-0.15, -0.1) is 11.3 Å². The van der Waals surface area contributed by atoms with Gasteiger partial charge in [0.1, 0.15) is 0 Å². The van der Waals surface area contributed by atoms with E-state index < -0.39 is 0 Å². The molecule has 2 nitrogen and oxygen atoms in total. The highest BCUT2D eigenvalue weighted by molar-refractivity contribution is 7.26. The molecule has 0 radical (unpaired) electrons. The molecule has 0 atom stereocenters. The molecular formula is C38H28N2S. The zero-order valence-corrected chi connectivity index (χ0v) is 23.8. The molecule has 0 aliphatic heterocycles. The summed E-state index contributed by atoms with van der Waals surface area (Å²) in [6.07, 6.45) is 0. The first-order valence-electron chi connectivity index (χ1n) is 14.0. The molecule has 0 fully saturated rings. The van der Waals surface area contributed by atoms with E-state index in [-0.39, 0.29) is 0 Å². The molecular weight excluding hydrogens is 516 g/mol. The van der Waals surface area contributed by atoms with E-state index in [9.17, 15) is 0 Å². The van der Waals surface area contributed by atoms with E-state index >= 15 is 0 Å². The summed E-state index contributed by atoms with van der Waals surface area (Å²) < 4.78 is 5.13. The second kappa shape index (κ2) is 9.36. The van der Waals surface area contributed by atoms with Crippen molar-refractivity contribution < 1.29 is 0 Å². The normalized spacial score (nSPS) is 11.7. The van der Waals surface area contributed by atoms with Crippen LogP contribution in [-0.4, -0.2) is 11.6 Å². The number of nitrogens with zero attached hydrogens (tertiary/aromatic N) is 2. The summed E-state index contributed by atoms with van der Waals surface area (Å²) in [4.78, 5) is 2.30. The lowest BCUT2D eigenvalue weighted by Gasteiger charge is -2.23. The van der Waals surface area contributed by atoms with Crippen LogP contribution in [0.4, 0.5) is 11.4 Å². The molecule has 0 spiro atoms. The molecule has 2 aromatic heterocycles. The van der Waals surface area contributed by atoms with Crippen LogP contribution >= 0.6 is 11.3 Å². The summed E-state index contributed by atoms with van der Waals surface area (Å²) >= 11 is 1.90. The van der Waals surface area contributed by atoms with E-state index in [0.717, 1.165) is 0 Å². The van der Waals surface area contributed by atoms with Crippen LogP contribution in [-0.2, 0) is 0 Å². The lowest BCUT2D eigenvalue weighted by atomic mass is 9.95. The number of fused-ring (bicyclic) bond motifs is 7. The predicted octanol–water partition coefficient (Wildman–Crippen LogP) is 10.9. The number of hydrogen-bond acceptors (Lipinski definition) is 2. The van der Waals surface area contributed by atoms with Crippen LogP contribution in [0.1, 0.15) is 5.56 Å². The topological polar surface area (TPSA) is 8.17 Å². The number of para-hydroxylation sites is 3. The molecule has 196 valence electrons. The van der Waals surface area contributed by atoms with Gasteiger partial charge in [0.25, 0.3) is 0 Å². The van der Waals surface area contributed by atoms with Crippen LogP contribution in [0, 0.1) is 6.92 Å². The van der Waals surface area contributed by atoms with Crippen molar-refractivity contribution in [2.24, 2.45) is 0 Å². The van der Waals surface area contributed by atoms with E-state index in [2.05, 4.69) is 157 Å².